The average molecular weight is 466 g/mol. The fraction of sp³-hybridized carbons (Fsp3) is 0.333. The van der Waals surface area contributed by atoms with Crippen LogP contribution in [0.4, 0.5) is 13.2 Å². The van der Waals surface area contributed by atoms with Gasteiger partial charge in [0.25, 0.3) is 0 Å². The number of hydrogen-bond acceptors (Lipinski definition) is 4. The quantitative estimate of drug-likeness (QED) is 0.604. The monoisotopic (exact) mass is 466 g/mol. The number of sulfonamides is 1. The van der Waals surface area contributed by atoms with Gasteiger partial charge in [-0.15, -0.1) is 0 Å². The van der Waals surface area contributed by atoms with E-state index in [1.165, 1.54) is 45.7 Å². The zero-order valence-electron chi connectivity index (χ0n) is 17.1. The van der Waals surface area contributed by atoms with E-state index >= 15 is 0 Å². The van der Waals surface area contributed by atoms with Crippen molar-refractivity contribution in [2.75, 3.05) is 19.6 Å². The van der Waals surface area contributed by atoms with E-state index in [4.69, 9.17) is 0 Å². The molecule has 7 nitrogen and oxygen atoms in total. The van der Waals surface area contributed by atoms with Crippen LogP contribution in [0.2, 0.25) is 0 Å². The van der Waals surface area contributed by atoms with E-state index in [1.54, 1.807) is 13.0 Å². The summed E-state index contributed by atoms with van der Waals surface area (Å²) in [7, 11) is -3.78. The van der Waals surface area contributed by atoms with Gasteiger partial charge in [0.15, 0.2) is 0 Å². The molecule has 1 aromatic heterocycles. The van der Waals surface area contributed by atoms with E-state index in [1.807, 2.05) is 0 Å². The van der Waals surface area contributed by atoms with Crippen LogP contribution < -0.4 is 0 Å². The molecule has 1 fully saturated rings. The van der Waals surface area contributed by atoms with Gasteiger partial charge in [-0.05, 0) is 36.8 Å². The predicted molar refractivity (Wildman–Crippen MR) is 111 cm³/mol. The Kier molecular flexibility index (Phi) is 5.72. The zero-order valence-corrected chi connectivity index (χ0v) is 17.9. The Morgan fingerprint density at radius 2 is 1.94 bits per heavy atom. The number of amides is 1. The van der Waals surface area contributed by atoms with Gasteiger partial charge in [0, 0.05) is 31.6 Å². The number of alkyl halides is 3. The number of hydrogen-bond donors (Lipinski definition) is 1. The third-order valence-corrected chi connectivity index (χ3v) is 7.45. The van der Waals surface area contributed by atoms with Crippen LogP contribution in [0.5, 0.6) is 0 Å². The maximum Gasteiger partial charge on any atom is 0.416 e. The summed E-state index contributed by atoms with van der Waals surface area (Å²) in [5, 5.41) is 7.27. The summed E-state index contributed by atoms with van der Waals surface area (Å²) in [6.45, 7) is 1.68. The van der Waals surface area contributed by atoms with Crippen LogP contribution >= 0.6 is 0 Å². The molecule has 0 atom stereocenters. The van der Waals surface area contributed by atoms with Crippen molar-refractivity contribution in [2.45, 2.75) is 24.5 Å². The topological polar surface area (TPSA) is 86.4 Å². The van der Waals surface area contributed by atoms with Crippen LogP contribution in [0.15, 0.2) is 53.6 Å². The van der Waals surface area contributed by atoms with Gasteiger partial charge in [0.05, 0.1) is 28.1 Å². The van der Waals surface area contributed by atoms with E-state index in [9.17, 15) is 26.4 Å². The normalized spacial score (nSPS) is 15.6. The minimum atomic E-state index is -4.52. The first-order valence-electron chi connectivity index (χ1n) is 9.98. The van der Waals surface area contributed by atoms with Gasteiger partial charge in [-0.1, -0.05) is 18.2 Å². The lowest BCUT2D eigenvalue weighted by Crippen LogP contribution is -2.56. The molecule has 32 heavy (non-hydrogen) atoms. The summed E-state index contributed by atoms with van der Waals surface area (Å²) in [4.78, 5) is 14.3. The van der Waals surface area contributed by atoms with Crippen LogP contribution in [-0.2, 0) is 27.5 Å². The van der Waals surface area contributed by atoms with E-state index < -0.39 is 27.7 Å². The highest BCUT2D eigenvalue weighted by Crippen LogP contribution is 2.33. The molecule has 1 aliphatic rings. The van der Waals surface area contributed by atoms with Crippen LogP contribution in [-0.4, -0.2) is 53.4 Å². The van der Waals surface area contributed by atoms with E-state index in [2.05, 4.69) is 10.2 Å². The van der Waals surface area contributed by atoms with E-state index in [0.29, 0.717) is 10.9 Å². The van der Waals surface area contributed by atoms with Crippen LogP contribution in [0.3, 0.4) is 0 Å². The van der Waals surface area contributed by atoms with Crippen molar-refractivity contribution in [3.63, 3.8) is 0 Å². The minimum Gasteiger partial charge on any atom is -0.338 e. The van der Waals surface area contributed by atoms with Crippen LogP contribution in [0, 0.1) is 5.92 Å². The van der Waals surface area contributed by atoms with Crippen LogP contribution in [0.1, 0.15) is 18.1 Å². The Balaban J connectivity index is 1.45. The number of nitrogens with one attached hydrogen (secondary N) is 1. The SMILES string of the molecule is CCN(Cc1ccccc1C(F)(F)F)C(=O)C1CN(S(=O)(=O)c2ccc3[nH]ncc3c2)C1. The number of rotatable bonds is 6. The van der Waals surface area contributed by atoms with Gasteiger partial charge in [-0.2, -0.15) is 22.6 Å². The highest BCUT2D eigenvalue weighted by atomic mass is 32.2. The minimum absolute atomic E-state index is 0.00687. The molecule has 11 heteroatoms. The number of aromatic amines is 1. The molecule has 0 aliphatic carbocycles. The average Bonchev–Trinajstić information content (AvgIpc) is 3.18. The number of fused-ring (bicyclic) bond motifs is 1. The van der Waals surface area contributed by atoms with Crippen molar-refractivity contribution < 1.29 is 26.4 Å². The Bertz CT molecular complexity index is 1250. The van der Waals surface area contributed by atoms with Gasteiger partial charge in [-0.3, -0.25) is 9.89 Å². The fourth-order valence-corrected chi connectivity index (χ4v) is 5.33. The van der Waals surface area contributed by atoms with Crippen LogP contribution in [0.25, 0.3) is 10.9 Å². The summed E-state index contributed by atoms with van der Waals surface area (Å²) in [5.41, 5.74) is -0.0653. The number of carbonyl (C=O) groups is 1. The first-order chi connectivity index (χ1) is 15.1. The number of carbonyl (C=O) groups excluding carboxylic acids is 1. The molecule has 1 N–H and O–H groups in total. The van der Waals surface area contributed by atoms with Crippen molar-refractivity contribution in [3.05, 3.63) is 59.8 Å². The lowest BCUT2D eigenvalue weighted by Gasteiger charge is -2.39. The number of nitrogens with zero attached hydrogens (tertiary/aromatic N) is 3. The second-order valence-electron chi connectivity index (χ2n) is 7.65. The molecule has 0 radical (unpaired) electrons. The summed E-state index contributed by atoms with van der Waals surface area (Å²) in [5.74, 6) is -0.957. The molecule has 0 unspecified atom stereocenters. The second kappa shape index (κ2) is 8.21. The summed E-state index contributed by atoms with van der Waals surface area (Å²) < 4.78 is 66.8. The highest BCUT2D eigenvalue weighted by Gasteiger charge is 2.42. The maximum absolute atomic E-state index is 13.3. The highest BCUT2D eigenvalue weighted by molar-refractivity contribution is 7.89. The molecule has 2 aromatic carbocycles. The lowest BCUT2D eigenvalue weighted by atomic mass is 10.0. The Hall–Kier alpha value is -2.92. The lowest BCUT2D eigenvalue weighted by molar-refractivity contribution is -0.142. The van der Waals surface area contributed by atoms with Crippen molar-refractivity contribution in [1.29, 1.82) is 0 Å². The van der Waals surface area contributed by atoms with Gasteiger partial charge in [0.1, 0.15) is 0 Å². The Morgan fingerprint density at radius 1 is 1.22 bits per heavy atom. The van der Waals surface area contributed by atoms with Gasteiger partial charge in [-0.25, -0.2) is 8.42 Å². The standard InChI is InChI=1S/C21H21F3N4O3S/c1-2-27(11-14-5-3-4-6-18(14)21(22,23)24)20(29)16-12-28(13-16)32(30,31)17-7-8-19-15(9-17)10-25-26-19/h3-10,16H,2,11-13H2,1H3,(H,25,26). The molecule has 1 amide bonds. The Labute approximate surface area is 182 Å². The molecular formula is C21H21F3N4O3S. The molecule has 1 aliphatic heterocycles. The maximum atomic E-state index is 13.3. The summed E-state index contributed by atoms with van der Waals surface area (Å²) in [6.07, 6.45) is -2.99. The molecule has 0 bridgehead atoms. The molecule has 3 aromatic rings. The molecule has 2 heterocycles. The number of aromatic nitrogens is 2. The molecule has 170 valence electrons. The fourth-order valence-electron chi connectivity index (χ4n) is 3.77. The van der Waals surface area contributed by atoms with Crippen molar-refractivity contribution in [2.24, 2.45) is 5.92 Å². The molecule has 4 rings (SSSR count). The number of halogens is 3. The van der Waals surface area contributed by atoms with Gasteiger partial charge < -0.3 is 4.90 Å². The second-order valence-corrected chi connectivity index (χ2v) is 9.58. The third kappa shape index (κ3) is 4.09. The van der Waals surface area contributed by atoms with Crippen molar-refractivity contribution in [3.8, 4) is 0 Å². The summed E-state index contributed by atoms with van der Waals surface area (Å²) in [6, 6.07) is 9.74. The third-order valence-electron chi connectivity index (χ3n) is 5.62. The number of H-pyrrole nitrogens is 1. The number of benzene rings is 2. The largest absolute Gasteiger partial charge is 0.416 e. The van der Waals surface area contributed by atoms with Gasteiger partial charge >= 0.3 is 6.18 Å². The Morgan fingerprint density at radius 3 is 2.62 bits per heavy atom. The molecule has 0 spiro atoms. The van der Waals surface area contributed by atoms with E-state index in [-0.39, 0.29) is 42.5 Å². The molecular weight excluding hydrogens is 445 g/mol. The molecule has 0 saturated carbocycles. The zero-order chi connectivity index (χ0) is 23.1. The summed E-state index contributed by atoms with van der Waals surface area (Å²) >= 11 is 0. The van der Waals surface area contributed by atoms with E-state index in [0.717, 1.165) is 6.07 Å². The first-order valence-corrected chi connectivity index (χ1v) is 11.4. The predicted octanol–water partition coefficient (Wildman–Crippen LogP) is 3.25. The van der Waals surface area contributed by atoms with Crippen molar-refractivity contribution in [1.82, 2.24) is 19.4 Å². The van der Waals surface area contributed by atoms with Crippen molar-refractivity contribution >= 4 is 26.8 Å². The van der Waals surface area contributed by atoms with Gasteiger partial charge in [0.2, 0.25) is 15.9 Å². The first kappa shape index (κ1) is 22.3. The smallest absolute Gasteiger partial charge is 0.338 e. The molecule has 1 saturated heterocycles.